The molecule has 0 fully saturated rings. The zero-order chi connectivity index (χ0) is 13.3. The molecule has 1 nitrogen and oxygen atoms in total. The molecular weight excluding hydrogens is 237 g/mol. The van der Waals surface area contributed by atoms with Crippen molar-refractivity contribution in [2.45, 2.75) is 31.2 Å². The fourth-order valence-electron chi connectivity index (χ4n) is 3.07. The van der Waals surface area contributed by atoms with Gasteiger partial charge < -0.3 is 5.73 Å². The van der Waals surface area contributed by atoms with Gasteiger partial charge >= 0.3 is 0 Å². The van der Waals surface area contributed by atoms with Crippen LogP contribution >= 0.6 is 0 Å². The van der Waals surface area contributed by atoms with Gasteiger partial charge in [-0.15, -0.1) is 0 Å². The first-order valence-corrected chi connectivity index (χ1v) is 6.83. The molecule has 0 heterocycles. The van der Waals surface area contributed by atoms with E-state index in [1.165, 1.54) is 23.3 Å². The van der Waals surface area contributed by atoms with Crippen LogP contribution < -0.4 is 5.73 Å². The predicted molar refractivity (Wildman–Crippen MR) is 75.4 cm³/mol. The SMILES string of the molecule is NC1(c2ccc(F)cc2)CCCCc2ccccc21. The van der Waals surface area contributed by atoms with E-state index in [2.05, 4.69) is 18.2 Å². The van der Waals surface area contributed by atoms with Gasteiger partial charge in [0, 0.05) is 0 Å². The second-order valence-corrected chi connectivity index (χ2v) is 5.34. The lowest BCUT2D eigenvalue weighted by Crippen LogP contribution is -2.38. The van der Waals surface area contributed by atoms with Gasteiger partial charge in [0.15, 0.2) is 0 Å². The summed E-state index contributed by atoms with van der Waals surface area (Å²) >= 11 is 0. The van der Waals surface area contributed by atoms with Crippen LogP contribution in [0, 0.1) is 5.82 Å². The molecule has 1 atom stereocenters. The molecule has 2 aromatic rings. The highest BCUT2D eigenvalue weighted by atomic mass is 19.1. The summed E-state index contributed by atoms with van der Waals surface area (Å²) < 4.78 is 13.1. The molecular formula is C17H18FN. The quantitative estimate of drug-likeness (QED) is 0.771. The van der Waals surface area contributed by atoms with Gasteiger partial charge in [-0.1, -0.05) is 42.8 Å². The van der Waals surface area contributed by atoms with Crippen molar-refractivity contribution in [1.29, 1.82) is 0 Å². The number of hydrogen-bond acceptors (Lipinski definition) is 1. The molecule has 2 aromatic carbocycles. The van der Waals surface area contributed by atoms with Crippen molar-refractivity contribution in [2.24, 2.45) is 5.73 Å². The lowest BCUT2D eigenvalue weighted by atomic mass is 9.79. The maximum absolute atomic E-state index is 13.1. The summed E-state index contributed by atoms with van der Waals surface area (Å²) in [4.78, 5) is 0. The molecule has 19 heavy (non-hydrogen) atoms. The van der Waals surface area contributed by atoms with E-state index in [0.29, 0.717) is 0 Å². The van der Waals surface area contributed by atoms with E-state index in [1.807, 2.05) is 18.2 Å². The number of fused-ring (bicyclic) bond motifs is 1. The Bertz CT molecular complexity index is 576. The smallest absolute Gasteiger partial charge is 0.123 e. The molecule has 2 N–H and O–H groups in total. The van der Waals surface area contributed by atoms with E-state index in [-0.39, 0.29) is 5.82 Å². The molecule has 1 aliphatic rings. The minimum absolute atomic E-state index is 0.214. The van der Waals surface area contributed by atoms with E-state index >= 15 is 0 Å². The van der Waals surface area contributed by atoms with Crippen molar-refractivity contribution in [3.05, 3.63) is 71.0 Å². The van der Waals surface area contributed by atoms with Crippen molar-refractivity contribution >= 4 is 0 Å². The Balaban J connectivity index is 2.14. The monoisotopic (exact) mass is 255 g/mol. The molecule has 1 unspecified atom stereocenters. The lowest BCUT2D eigenvalue weighted by molar-refractivity contribution is 0.478. The molecule has 98 valence electrons. The highest BCUT2D eigenvalue weighted by Gasteiger charge is 2.32. The second kappa shape index (κ2) is 4.78. The molecule has 2 heteroatoms. The molecule has 0 radical (unpaired) electrons. The Morgan fingerprint density at radius 2 is 1.68 bits per heavy atom. The van der Waals surface area contributed by atoms with Gasteiger partial charge in [0.1, 0.15) is 5.82 Å². The first kappa shape index (κ1) is 12.4. The van der Waals surface area contributed by atoms with E-state index < -0.39 is 5.54 Å². The maximum Gasteiger partial charge on any atom is 0.123 e. The highest BCUT2D eigenvalue weighted by molar-refractivity contribution is 5.43. The summed E-state index contributed by atoms with van der Waals surface area (Å²) in [5.41, 5.74) is 9.76. The Morgan fingerprint density at radius 1 is 0.947 bits per heavy atom. The summed E-state index contributed by atoms with van der Waals surface area (Å²) in [6, 6.07) is 15.0. The molecule has 3 rings (SSSR count). The van der Waals surface area contributed by atoms with E-state index in [4.69, 9.17) is 5.73 Å². The molecule has 0 amide bonds. The second-order valence-electron chi connectivity index (χ2n) is 5.34. The molecule has 1 aliphatic carbocycles. The lowest BCUT2D eigenvalue weighted by Gasteiger charge is -2.31. The third-order valence-corrected chi connectivity index (χ3v) is 4.12. The Labute approximate surface area is 113 Å². The standard InChI is InChI=1S/C17H18FN/c18-15-10-8-14(9-11-15)17(19)12-4-3-6-13-5-1-2-7-16(13)17/h1-2,5,7-11H,3-4,6,12,19H2. The largest absolute Gasteiger partial charge is 0.318 e. The Hall–Kier alpha value is -1.67. The zero-order valence-corrected chi connectivity index (χ0v) is 10.9. The van der Waals surface area contributed by atoms with Crippen LogP contribution in [0.3, 0.4) is 0 Å². The Morgan fingerprint density at radius 3 is 2.47 bits per heavy atom. The third-order valence-electron chi connectivity index (χ3n) is 4.12. The van der Waals surface area contributed by atoms with E-state index in [9.17, 15) is 4.39 Å². The van der Waals surface area contributed by atoms with Gasteiger partial charge in [0.2, 0.25) is 0 Å². The first-order valence-electron chi connectivity index (χ1n) is 6.83. The fraction of sp³-hybridized carbons (Fsp3) is 0.294. The fourth-order valence-corrected chi connectivity index (χ4v) is 3.07. The van der Waals surface area contributed by atoms with Gasteiger partial charge in [-0.2, -0.15) is 0 Å². The summed E-state index contributed by atoms with van der Waals surface area (Å²) in [5, 5.41) is 0. The third kappa shape index (κ3) is 2.17. The van der Waals surface area contributed by atoms with Crippen molar-refractivity contribution in [1.82, 2.24) is 0 Å². The van der Waals surface area contributed by atoms with E-state index in [0.717, 1.165) is 31.2 Å². The van der Waals surface area contributed by atoms with Crippen LogP contribution in [0.1, 0.15) is 36.0 Å². The van der Waals surface area contributed by atoms with Crippen molar-refractivity contribution in [2.75, 3.05) is 0 Å². The van der Waals surface area contributed by atoms with Gasteiger partial charge in [-0.05, 0) is 48.1 Å². The average Bonchev–Trinajstić information content (AvgIpc) is 2.61. The molecule has 0 saturated heterocycles. The summed E-state index contributed by atoms with van der Waals surface area (Å²) in [7, 11) is 0. The zero-order valence-electron chi connectivity index (χ0n) is 10.9. The minimum atomic E-state index is -0.485. The summed E-state index contributed by atoms with van der Waals surface area (Å²) in [6.07, 6.45) is 4.26. The average molecular weight is 255 g/mol. The molecule has 0 aromatic heterocycles. The number of hydrogen-bond donors (Lipinski definition) is 1. The normalized spacial score (nSPS) is 22.6. The summed E-state index contributed by atoms with van der Waals surface area (Å²) in [6.45, 7) is 0. The van der Waals surface area contributed by atoms with Crippen LogP contribution in [-0.4, -0.2) is 0 Å². The minimum Gasteiger partial charge on any atom is -0.318 e. The van der Waals surface area contributed by atoms with Gasteiger partial charge in [0.25, 0.3) is 0 Å². The van der Waals surface area contributed by atoms with Crippen molar-refractivity contribution in [3.8, 4) is 0 Å². The number of nitrogens with two attached hydrogens (primary N) is 1. The van der Waals surface area contributed by atoms with Crippen LogP contribution in [0.15, 0.2) is 48.5 Å². The van der Waals surface area contributed by atoms with E-state index in [1.54, 1.807) is 0 Å². The van der Waals surface area contributed by atoms with Crippen LogP contribution in [0.2, 0.25) is 0 Å². The van der Waals surface area contributed by atoms with Crippen LogP contribution in [0.25, 0.3) is 0 Å². The topological polar surface area (TPSA) is 26.0 Å². The van der Waals surface area contributed by atoms with Crippen LogP contribution in [-0.2, 0) is 12.0 Å². The number of benzene rings is 2. The molecule has 0 spiro atoms. The van der Waals surface area contributed by atoms with Gasteiger partial charge in [-0.25, -0.2) is 4.39 Å². The van der Waals surface area contributed by atoms with Gasteiger partial charge in [-0.3, -0.25) is 0 Å². The number of aryl methyl sites for hydroxylation is 1. The first-order chi connectivity index (χ1) is 9.20. The molecule has 0 saturated carbocycles. The molecule has 0 bridgehead atoms. The van der Waals surface area contributed by atoms with Crippen molar-refractivity contribution in [3.63, 3.8) is 0 Å². The number of rotatable bonds is 1. The van der Waals surface area contributed by atoms with Crippen LogP contribution in [0.5, 0.6) is 0 Å². The van der Waals surface area contributed by atoms with Gasteiger partial charge in [0.05, 0.1) is 5.54 Å². The number of halogens is 1. The summed E-state index contributed by atoms with van der Waals surface area (Å²) in [5.74, 6) is -0.214. The highest BCUT2D eigenvalue weighted by Crippen LogP contribution is 2.37. The van der Waals surface area contributed by atoms with Crippen molar-refractivity contribution < 1.29 is 4.39 Å². The Kier molecular flexibility index (Phi) is 3.11. The van der Waals surface area contributed by atoms with Crippen LogP contribution in [0.4, 0.5) is 4.39 Å². The molecule has 0 aliphatic heterocycles. The maximum atomic E-state index is 13.1. The predicted octanol–water partition coefficient (Wildman–Crippen LogP) is 3.75.